The monoisotopic (exact) mass is 368 g/mol. The summed E-state index contributed by atoms with van der Waals surface area (Å²) in [4.78, 5) is 25.1. The summed E-state index contributed by atoms with van der Waals surface area (Å²) in [5.74, 6) is 0.771. The molecule has 4 rings (SSSR count). The third-order valence-electron chi connectivity index (χ3n) is 5.29. The highest BCUT2D eigenvalue weighted by Gasteiger charge is 2.42. The number of rotatable bonds is 3. The number of anilines is 1. The van der Waals surface area contributed by atoms with Crippen molar-refractivity contribution in [2.45, 2.75) is 18.4 Å². The molecular formula is C20H24N4O3. The van der Waals surface area contributed by atoms with E-state index < -0.39 is 0 Å². The number of nitrogens with zero attached hydrogens (tertiary/aromatic N) is 4. The number of carbonyl (C=O) groups is 1. The third-order valence-corrected chi connectivity index (χ3v) is 5.29. The van der Waals surface area contributed by atoms with E-state index in [-0.39, 0.29) is 11.5 Å². The molecule has 0 saturated carbocycles. The fourth-order valence-electron chi connectivity index (χ4n) is 3.95. The Balaban J connectivity index is 1.49. The van der Waals surface area contributed by atoms with Gasteiger partial charge in [-0.1, -0.05) is 0 Å². The van der Waals surface area contributed by atoms with Gasteiger partial charge in [-0.15, -0.1) is 0 Å². The number of ether oxygens (including phenoxy) is 2. The summed E-state index contributed by atoms with van der Waals surface area (Å²) in [5.41, 5.74) is 1.20. The van der Waals surface area contributed by atoms with Crippen molar-refractivity contribution in [3.05, 3.63) is 48.5 Å². The molecule has 1 aromatic heterocycles. The van der Waals surface area contributed by atoms with Crippen LogP contribution in [0.15, 0.2) is 42.9 Å². The van der Waals surface area contributed by atoms with Gasteiger partial charge in [-0.2, -0.15) is 0 Å². The fraction of sp³-hybridized carbons (Fsp3) is 0.450. The van der Waals surface area contributed by atoms with Gasteiger partial charge < -0.3 is 19.3 Å². The van der Waals surface area contributed by atoms with Crippen molar-refractivity contribution < 1.29 is 14.3 Å². The van der Waals surface area contributed by atoms with Crippen molar-refractivity contribution in [1.29, 1.82) is 0 Å². The molecule has 0 bridgehead atoms. The number of methoxy groups -OCH3 is 1. The van der Waals surface area contributed by atoms with Crippen LogP contribution < -0.4 is 9.64 Å². The molecule has 1 amide bonds. The topological polar surface area (TPSA) is 67.8 Å². The Labute approximate surface area is 158 Å². The molecular weight excluding hydrogens is 344 g/mol. The van der Waals surface area contributed by atoms with Gasteiger partial charge in [0.25, 0.3) is 5.91 Å². The maximum atomic E-state index is 12.8. The predicted octanol–water partition coefficient (Wildman–Crippen LogP) is 2.00. The Hall–Kier alpha value is -2.67. The van der Waals surface area contributed by atoms with E-state index in [9.17, 15) is 4.79 Å². The van der Waals surface area contributed by atoms with E-state index in [4.69, 9.17) is 9.47 Å². The molecule has 27 heavy (non-hydrogen) atoms. The van der Waals surface area contributed by atoms with E-state index in [2.05, 4.69) is 27.0 Å². The first-order valence-corrected chi connectivity index (χ1v) is 9.27. The highest BCUT2D eigenvalue weighted by Crippen LogP contribution is 2.32. The summed E-state index contributed by atoms with van der Waals surface area (Å²) in [6, 6.07) is 8.09. The van der Waals surface area contributed by atoms with E-state index in [0.29, 0.717) is 25.4 Å². The summed E-state index contributed by atoms with van der Waals surface area (Å²) in [5, 5.41) is 0. The number of amides is 1. The molecule has 7 heteroatoms. The Morgan fingerprint density at radius 3 is 2.78 bits per heavy atom. The number of piperidine rings is 1. The molecule has 3 heterocycles. The molecule has 1 aromatic carbocycles. The lowest BCUT2D eigenvalue weighted by Gasteiger charge is -2.48. The Bertz CT molecular complexity index is 780. The van der Waals surface area contributed by atoms with Crippen LogP contribution in [0.4, 0.5) is 5.69 Å². The van der Waals surface area contributed by atoms with Crippen molar-refractivity contribution in [2.24, 2.45) is 0 Å². The maximum absolute atomic E-state index is 12.8. The molecule has 2 aliphatic heterocycles. The van der Waals surface area contributed by atoms with Crippen LogP contribution in [0.3, 0.4) is 0 Å². The quantitative estimate of drug-likeness (QED) is 0.825. The van der Waals surface area contributed by atoms with E-state index in [1.165, 1.54) is 6.20 Å². The number of benzene rings is 1. The van der Waals surface area contributed by atoms with Crippen LogP contribution in [-0.4, -0.2) is 66.3 Å². The van der Waals surface area contributed by atoms with Crippen LogP contribution in [0.5, 0.6) is 5.75 Å². The smallest absolute Gasteiger partial charge is 0.274 e. The number of morpholine rings is 1. The summed E-state index contributed by atoms with van der Waals surface area (Å²) in [6.07, 6.45) is 6.62. The molecule has 142 valence electrons. The van der Waals surface area contributed by atoms with Crippen LogP contribution in [0.1, 0.15) is 23.3 Å². The van der Waals surface area contributed by atoms with Crippen LogP contribution in [0.2, 0.25) is 0 Å². The average molecular weight is 368 g/mol. The molecule has 2 aliphatic rings. The van der Waals surface area contributed by atoms with Gasteiger partial charge in [-0.05, 0) is 37.1 Å². The number of aromatic nitrogens is 2. The second-order valence-corrected chi connectivity index (χ2v) is 7.07. The van der Waals surface area contributed by atoms with Crippen LogP contribution in [-0.2, 0) is 4.74 Å². The van der Waals surface area contributed by atoms with Gasteiger partial charge in [-0.25, -0.2) is 4.98 Å². The van der Waals surface area contributed by atoms with Crippen LogP contribution >= 0.6 is 0 Å². The summed E-state index contributed by atoms with van der Waals surface area (Å²) < 4.78 is 11.5. The van der Waals surface area contributed by atoms with Crippen LogP contribution in [0, 0.1) is 0 Å². The molecule has 2 saturated heterocycles. The van der Waals surface area contributed by atoms with Crippen molar-refractivity contribution in [1.82, 2.24) is 14.9 Å². The summed E-state index contributed by atoms with van der Waals surface area (Å²) >= 11 is 0. The molecule has 7 nitrogen and oxygen atoms in total. The van der Waals surface area contributed by atoms with Crippen molar-refractivity contribution in [2.75, 3.05) is 44.8 Å². The van der Waals surface area contributed by atoms with Gasteiger partial charge >= 0.3 is 0 Å². The summed E-state index contributed by atoms with van der Waals surface area (Å²) in [7, 11) is 1.67. The fourth-order valence-corrected chi connectivity index (χ4v) is 3.95. The molecule has 1 spiro atoms. The molecule has 0 radical (unpaired) electrons. The predicted molar refractivity (Wildman–Crippen MR) is 101 cm³/mol. The van der Waals surface area contributed by atoms with E-state index in [1.54, 1.807) is 19.5 Å². The Kier molecular flexibility index (Phi) is 4.94. The van der Waals surface area contributed by atoms with Crippen molar-refractivity contribution >= 4 is 11.6 Å². The molecule has 1 unspecified atom stereocenters. The van der Waals surface area contributed by atoms with Gasteiger partial charge in [0.2, 0.25) is 0 Å². The lowest BCUT2D eigenvalue weighted by Crippen LogP contribution is -2.60. The Morgan fingerprint density at radius 2 is 2.04 bits per heavy atom. The highest BCUT2D eigenvalue weighted by atomic mass is 16.5. The molecule has 2 aromatic rings. The van der Waals surface area contributed by atoms with E-state index in [1.807, 2.05) is 17.0 Å². The van der Waals surface area contributed by atoms with E-state index in [0.717, 1.165) is 37.4 Å². The molecule has 0 aliphatic carbocycles. The lowest BCUT2D eigenvalue weighted by molar-refractivity contribution is -0.105. The molecule has 0 N–H and O–H groups in total. The van der Waals surface area contributed by atoms with Gasteiger partial charge in [0.1, 0.15) is 17.0 Å². The third kappa shape index (κ3) is 3.73. The number of hydrogen-bond donors (Lipinski definition) is 0. The normalized spacial score (nSPS) is 22.7. The zero-order chi connectivity index (χ0) is 18.7. The zero-order valence-corrected chi connectivity index (χ0v) is 15.5. The minimum absolute atomic E-state index is 0.0765. The molecule has 2 fully saturated rings. The zero-order valence-electron chi connectivity index (χ0n) is 15.5. The highest BCUT2D eigenvalue weighted by molar-refractivity contribution is 5.92. The van der Waals surface area contributed by atoms with Gasteiger partial charge in [0.05, 0.1) is 26.5 Å². The van der Waals surface area contributed by atoms with E-state index >= 15 is 0 Å². The first-order valence-electron chi connectivity index (χ1n) is 9.27. The standard InChI is InChI=1S/C20H24N4O3/c1-26-17-5-3-16(4-6-17)23-10-2-7-20(14-23)15-24(11-12-27-20)19(25)18-13-21-8-9-22-18/h3-6,8-9,13H,2,7,10-12,14-15H2,1H3. The first-order chi connectivity index (χ1) is 13.2. The maximum Gasteiger partial charge on any atom is 0.274 e. The minimum Gasteiger partial charge on any atom is -0.497 e. The summed E-state index contributed by atoms with van der Waals surface area (Å²) in [6.45, 7) is 3.45. The first kappa shape index (κ1) is 17.7. The number of carbonyl (C=O) groups excluding carboxylic acids is 1. The second kappa shape index (κ2) is 7.52. The lowest BCUT2D eigenvalue weighted by atomic mass is 9.90. The van der Waals surface area contributed by atoms with Gasteiger partial charge in [0, 0.05) is 37.7 Å². The SMILES string of the molecule is COc1ccc(N2CCCC3(CN(C(=O)c4cnccn4)CCO3)C2)cc1. The molecule has 1 atom stereocenters. The van der Waals surface area contributed by atoms with Crippen molar-refractivity contribution in [3.63, 3.8) is 0 Å². The van der Waals surface area contributed by atoms with Gasteiger partial charge in [0.15, 0.2) is 0 Å². The van der Waals surface area contributed by atoms with Gasteiger partial charge in [-0.3, -0.25) is 9.78 Å². The second-order valence-electron chi connectivity index (χ2n) is 7.07. The number of hydrogen-bond acceptors (Lipinski definition) is 6. The van der Waals surface area contributed by atoms with Crippen molar-refractivity contribution in [3.8, 4) is 5.75 Å². The minimum atomic E-state index is -0.339. The van der Waals surface area contributed by atoms with Crippen LogP contribution in [0.25, 0.3) is 0 Å². The largest absolute Gasteiger partial charge is 0.497 e. The average Bonchev–Trinajstić information content (AvgIpc) is 2.74. The Morgan fingerprint density at radius 1 is 1.19 bits per heavy atom.